The quantitative estimate of drug-likeness (QED) is 0.700. The summed E-state index contributed by atoms with van der Waals surface area (Å²) >= 11 is 3.48. The monoisotopic (exact) mass is 349 g/mol. The zero-order chi connectivity index (χ0) is 15.1. The highest BCUT2D eigenvalue weighted by Gasteiger charge is 2.12. The second-order valence-electron chi connectivity index (χ2n) is 5.28. The Labute approximate surface area is 134 Å². The predicted molar refractivity (Wildman–Crippen MR) is 90.1 cm³/mol. The normalized spacial score (nSPS) is 12.3. The average molecular weight is 350 g/mol. The van der Waals surface area contributed by atoms with E-state index < -0.39 is 0 Å². The van der Waals surface area contributed by atoms with Gasteiger partial charge in [0, 0.05) is 16.9 Å². The summed E-state index contributed by atoms with van der Waals surface area (Å²) in [6.45, 7) is 4.13. The first-order valence-corrected chi connectivity index (χ1v) is 8.19. The largest absolute Gasteiger partial charge is 0.316 e. The molecule has 1 N–H and O–H groups in total. The van der Waals surface area contributed by atoms with Crippen molar-refractivity contribution in [3.63, 3.8) is 0 Å². The smallest absolute Gasteiger partial charge is 0.123 e. The summed E-state index contributed by atoms with van der Waals surface area (Å²) in [4.78, 5) is 0. The van der Waals surface area contributed by atoms with Crippen molar-refractivity contribution in [2.45, 2.75) is 25.7 Å². The average Bonchev–Trinajstić information content (AvgIpc) is 2.49. The van der Waals surface area contributed by atoms with Crippen molar-refractivity contribution in [2.24, 2.45) is 0 Å². The molecule has 2 rings (SSSR count). The highest BCUT2D eigenvalue weighted by atomic mass is 79.9. The van der Waals surface area contributed by atoms with Crippen LogP contribution in [-0.4, -0.2) is 13.1 Å². The molecule has 0 fully saturated rings. The maximum Gasteiger partial charge on any atom is 0.123 e. The number of rotatable bonds is 7. The fraction of sp³-hybridized carbons (Fsp3) is 0.333. The lowest BCUT2D eigenvalue weighted by Crippen LogP contribution is -2.23. The van der Waals surface area contributed by atoms with Crippen molar-refractivity contribution in [3.05, 3.63) is 69.9 Å². The highest BCUT2D eigenvalue weighted by Crippen LogP contribution is 2.22. The van der Waals surface area contributed by atoms with E-state index in [-0.39, 0.29) is 5.82 Å². The van der Waals surface area contributed by atoms with Gasteiger partial charge < -0.3 is 5.32 Å². The molecule has 2 aromatic carbocycles. The van der Waals surface area contributed by atoms with Crippen LogP contribution in [0.1, 0.15) is 30.4 Å². The Morgan fingerprint density at radius 2 is 1.71 bits per heavy atom. The molecule has 0 aromatic heterocycles. The van der Waals surface area contributed by atoms with Gasteiger partial charge in [-0.05, 0) is 54.8 Å². The number of hydrogen-bond acceptors (Lipinski definition) is 1. The second-order valence-corrected chi connectivity index (χ2v) is 6.20. The molecule has 0 bridgehead atoms. The van der Waals surface area contributed by atoms with Crippen LogP contribution in [0.5, 0.6) is 0 Å². The Balaban J connectivity index is 2.11. The van der Waals surface area contributed by atoms with E-state index >= 15 is 0 Å². The lowest BCUT2D eigenvalue weighted by Gasteiger charge is -2.18. The summed E-state index contributed by atoms with van der Waals surface area (Å²) in [5.41, 5.74) is 2.48. The Morgan fingerprint density at radius 3 is 2.33 bits per heavy atom. The Morgan fingerprint density at radius 1 is 1.05 bits per heavy atom. The van der Waals surface area contributed by atoms with E-state index in [4.69, 9.17) is 0 Å². The Bertz CT molecular complexity index is 536. The van der Waals surface area contributed by atoms with Crippen LogP contribution in [0, 0.1) is 5.82 Å². The fourth-order valence-corrected chi connectivity index (χ4v) is 2.67. The third kappa shape index (κ3) is 5.25. The number of hydrogen-bond donors (Lipinski definition) is 1. The molecule has 0 aliphatic rings. The molecule has 112 valence electrons. The van der Waals surface area contributed by atoms with Gasteiger partial charge >= 0.3 is 0 Å². The summed E-state index contributed by atoms with van der Waals surface area (Å²) in [6.07, 6.45) is 2.04. The lowest BCUT2D eigenvalue weighted by atomic mass is 9.92. The molecule has 0 radical (unpaired) electrons. The van der Waals surface area contributed by atoms with Crippen molar-refractivity contribution in [1.29, 1.82) is 0 Å². The first-order valence-electron chi connectivity index (χ1n) is 7.39. The molecule has 1 atom stereocenters. The molecule has 0 heterocycles. The van der Waals surface area contributed by atoms with Crippen LogP contribution >= 0.6 is 15.9 Å². The molecular formula is C18H21BrFN. The first-order chi connectivity index (χ1) is 10.2. The van der Waals surface area contributed by atoms with E-state index in [0.717, 1.165) is 30.4 Å². The maximum atomic E-state index is 13.0. The maximum absolute atomic E-state index is 13.0. The minimum Gasteiger partial charge on any atom is -0.316 e. The Hall–Kier alpha value is -1.19. The van der Waals surface area contributed by atoms with Gasteiger partial charge in [0.2, 0.25) is 0 Å². The van der Waals surface area contributed by atoms with E-state index in [0.29, 0.717) is 5.92 Å². The lowest BCUT2D eigenvalue weighted by molar-refractivity contribution is 0.575. The summed E-state index contributed by atoms with van der Waals surface area (Å²) < 4.78 is 14.1. The van der Waals surface area contributed by atoms with Gasteiger partial charge in [-0.25, -0.2) is 4.39 Å². The minimum absolute atomic E-state index is 0.178. The summed E-state index contributed by atoms with van der Waals surface area (Å²) in [6, 6.07) is 15.3. The number of benzene rings is 2. The third-order valence-electron chi connectivity index (χ3n) is 3.55. The van der Waals surface area contributed by atoms with Crippen molar-refractivity contribution in [3.8, 4) is 0 Å². The number of nitrogens with one attached hydrogen (secondary N) is 1. The molecule has 0 saturated heterocycles. The summed E-state index contributed by atoms with van der Waals surface area (Å²) in [5, 5.41) is 3.49. The minimum atomic E-state index is -0.178. The fourth-order valence-electron chi connectivity index (χ4n) is 2.40. The van der Waals surface area contributed by atoms with Crippen LogP contribution in [0.2, 0.25) is 0 Å². The molecule has 0 amide bonds. The van der Waals surface area contributed by atoms with Gasteiger partial charge in [0.15, 0.2) is 0 Å². The van der Waals surface area contributed by atoms with Crippen LogP contribution in [0.4, 0.5) is 4.39 Å². The van der Waals surface area contributed by atoms with Crippen LogP contribution in [0.15, 0.2) is 53.0 Å². The van der Waals surface area contributed by atoms with Gasteiger partial charge in [-0.1, -0.05) is 47.1 Å². The van der Waals surface area contributed by atoms with Gasteiger partial charge in [-0.2, -0.15) is 0 Å². The van der Waals surface area contributed by atoms with Gasteiger partial charge in [0.1, 0.15) is 5.82 Å². The first kappa shape index (κ1) is 16.2. The van der Waals surface area contributed by atoms with E-state index in [1.165, 1.54) is 23.3 Å². The summed E-state index contributed by atoms with van der Waals surface area (Å²) in [5.74, 6) is 0.221. The molecular weight excluding hydrogens is 329 g/mol. The molecule has 21 heavy (non-hydrogen) atoms. The summed E-state index contributed by atoms with van der Waals surface area (Å²) in [7, 11) is 0. The molecule has 0 spiro atoms. The van der Waals surface area contributed by atoms with Crippen LogP contribution in [0.25, 0.3) is 0 Å². The second kappa shape index (κ2) is 8.30. The van der Waals surface area contributed by atoms with Gasteiger partial charge in [-0.3, -0.25) is 0 Å². The molecule has 1 unspecified atom stereocenters. The van der Waals surface area contributed by atoms with Crippen molar-refractivity contribution in [2.75, 3.05) is 13.1 Å². The van der Waals surface area contributed by atoms with E-state index in [1.807, 2.05) is 12.1 Å². The molecule has 0 saturated carbocycles. The molecule has 1 nitrogen and oxygen atoms in total. The Kier molecular flexibility index (Phi) is 6.40. The zero-order valence-electron chi connectivity index (χ0n) is 12.3. The standard InChI is InChI=1S/C18H21BrFN/c1-2-11-21-13-16(15-5-7-17(19)8-6-15)12-14-3-9-18(20)10-4-14/h3-10,16,21H,2,11-13H2,1H3. The highest BCUT2D eigenvalue weighted by molar-refractivity contribution is 9.10. The molecule has 2 aromatic rings. The van der Waals surface area contributed by atoms with Gasteiger partial charge in [0.25, 0.3) is 0 Å². The topological polar surface area (TPSA) is 12.0 Å². The number of halogens is 2. The van der Waals surface area contributed by atoms with Gasteiger partial charge in [0.05, 0.1) is 0 Å². The van der Waals surface area contributed by atoms with E-state index in [2.05, 4.69) is 52.4 Å². The third-order valence-corrected chi connectivity index (χ3v) is 4.08. The SMILES string of the molecule is CCCNCC(Cc1ccc(F)cc1)c1ccc(Br)cc1. The molecule has 0 aliphatic carbocycles. The van der Waals surface area contributed by atoms with Crippen LogP contribution in [-0.2, 0) is 6.42 Å². The van der Waals surface area contributed by atoms with E-state index in [1.54, 1.807) is 0 Å². The van der Waals surface area contributed by atoms with Crippen LogP contribution in [0.3, 0.4) is 0 Å². The van der Waals surface area contributed by atoms with Crippen LogP contribution < -0.4 is 5.32 Å². The zero-order valence-corrected chi connectivity index (χ0v) is 13.9. The van der Waals surface area contributed by atoms with Gasteiger partial charge in [-0.15, -0.1) is 0 Å². The predicted octanol–water partition coefficient (Wildman–Crippen LogP) is 4.91. The molecule has 0 aliphatic heterocycles. The van der Waals surface area contributed by atoms with Crippen molar-refractivity contribution in [1.82, 2.24) is 5.32 Å². The van der Waals surface area contributed by atoms with Crippen molar-refractivity contribution >= 4 is 15.9 Å². The molecule has 3 heteroatoms. The van der Waals surface area contributed by atoms with Crippen molar-refractivity contribution < 1.29 is 4.39 Å². The van der Waals surface area contributed by atoms with E-state index in [9.17, 15) is 4.39 Å².